The molecule has 0 unspecified atom stereocenters. The average Bonchev–Trinajstić information content (AvgIpc) is 2.80. The summed E-state index contributed by atoms with van der Waals surface area (Å²) in [7, 11) is 0. The molecule has 0 spiro atoms. The SMILES string of the molecule is O[C@H]1CC[C@@H](Nc2cc3c(cn2)CCc2ccc(NCC4CCOCC4)nc2-3)CC1. The Morgan fingerprint density at radius 2 is 1.77 bits per heavy atom. The Kier molecular flexibility index (Phi) is 5.86. The molecule has 3 aliphatic rings. The molecule has 0 amide bonds. The van der Waals surface area contributed by atoms with Crippen LogP contribution in [0.15, 0.2) is 24.4 Å². The number of hydrogen-bond donors (Lipinski definition) is 3. The van der Waals surface area contributed by atoms with Crippen molar-refractivity contribution in [1.82, 2.24) is 9.97 Å². The summed E-state index contributed by atoms with van der Waals surface area (Å²) in [5, 5.41) is 16.9. The van der Waals surface area contributed by atoms with Gasteiger partial charge in [-0.05, 0) is 80.5 Å². The van der Waals surface area contributed by atoms with Crippen LogP contribution in [0.4, 0.5) is 11.6 Å². The van der Waals surface area contributed by atoms with Crippen LogP contribution in [0.5, 0.6) is 0 Å². The van der Waals surface area contributed by atoms with Gasteiger partial charge in [-0.25, -0.2) is 9.97 Å². The number of nitrogens with zero attached hydrogens (tertiary/aromatic N) is 2. The van der Waals surface area contributed by atoms with Gasteiger partial charge in [0.05, 0.1) is 11.8 Å². The fraction of sp³-hybridized carbons (Fsp3) is 0.583. The molecule has 0 atom stereocenters. The second kappa shape index (κ2) is 8.90. The average molecular weight is 409 g/mol. The second-order valence-electron chi connectivity index (χ2n) is 9.02. The van der Waals surface area contributed by atoms with Gasteiger partial charge in [0.2, 0.25) is 0 Å². The van der Waals surface area contributed by atoms with Gasteiger partial charge in [-0.15, -0.1) is 0 Å². The molecule has 160 valence electrons. The number of aryl methyl sites for hydroxylation is 2. The van der Waals surface area contributed by atoms with Crippen molar-refractivity contribution < 1.29 is 9.84 Å². The van der Waals surface area contributed by atoms with E-state index in [0.717, 1.165) is 88.5 Å². The fourth-order valence-corrected chi connectivity index (χ4v) is 4.90. The van der Waals surface area contributed by atoms with E-state index >= 15 is 0 Å². The molecule has 3 N–H and O–H groups in total. The maximum absolute atomic E-state index is 9.75. The van der Waals surface area contributed by atoms with Gasteiger partial charge in [0.15, 0.2) is 0 Å². The lowest BCUT2D eigenvalue weighted by Crippen LogP contribution is -2.28. The van der Waals surface area contributed by atoms with Crippen LogP contribution in [0.2, 0.25) is 0 Å². The van der Waals surface area contributed by atoms with Gasteiger partial charge < -0.3 is 20.5 Å². The molecule has 1 saturated heterocycles. The minimum Gasteiger partial charge on any atom is -0.393 e. The Hall–Kier alpha value is -2.18. The van der Waals surface area contributed by atoms with E-state index in [1.165, 1.54) is 16.7 Å². The molecule has 0 bridgehead atoms. The van der Waals surface area contributed by atoms with E-state index in [2.05, 4.69) is 33.8 Å². The predicted octanol–water partition coefficient (Wildman–Crippen LogP) is 3.80. The van der Waals surface area contributed by atoms with Crippen LogP contribution < -0.4 is 10.6 Å². The molecule has 0 radical (unpaired) electrons. The second-order valence-corrected chi connectivity index (χ2v) is 9.02. The van der Waals surface area contributed by atoms with E-state index in [1.54, 1.807) is 0 Å². The van der Waals surface area contributed by atoms with Crippen molar-refractivity contribution >= 4 is 11.6 Å². The molecule has 2 fully saturated rings. The lowest BCUT2D eigenvalue weighted by atomic mass is 9.90. The molecule has 6 nitrogen and oxygen atoms in total. The minimum absolute atomic E-state index is 0.136. The van der Waals surface area contributed by atoms with Crippen molar-refractivity contribution in [3.63, 3.8) is 0 Å². The normalized spacial score (nSPS) is 24.0. The van der Waals surface area contributed by atoms with Gasteiger partial charge in [0.1, 0.15) is 11.6 Å². The highest BCUT2D eigenvalue weighted by Crippen LogP contribution is 2.34. The number of pyridine rings is 2. The molecular weight excluding hydrogens is 376 g/mol. The van der Waals surface area contributed by atoms with E-state index in [-0.39, 0.29) is 6.10 Å². The Balaban J connectivity index is 1.32. The van der Waals surface area contributed by atoms with Crippen molar-refractivity contribution in [1.29, 1.82) is 0 Å². The number of nitrogens with one attached hydrogen (secondary N) is 2. The molecular formula is C24H32N4O2. The third-order valence-corrected chi connectivity index (χ3v) is 6.85. The van der Waals surface area contributed by atoms with E-state index in [0.29, 0.717) is 12.0 Å². The summed E-state index contributed by atoms with van der Waals surface area (Å²) in [6.45, 7) is 2.71. The molecule has 1 saturated carbocycles. The monoisotopic (exact) mass is 408 g/mol. The lowest BCUT2D eigenvalue weighted by Gasteiger charge is -2.27. The van der Waals surface area contributed by atoms with Gasteiger partial charge in [0.25, 0.3) is 0 Å². The number of anilines is 2. The summed E-state index contributed by atoms with van der Waals surface area (Å²) < 4.78 is 5.47. The first-order valence-electron chi connectivity index (χ1n) is 11.5. The van der Waals surface area contributed by atoms with Crippen molar-refractivity contribution in [2.24, 2.45) is 5.92 Å². The Labute approximate surface area is 178 Å². The first-order chi connectivity index (χ1) is 14.7. The van der Waals surface area contributed by atoms with Crippen LogP contribution in [0, 0.1) is 5.92 Å². The standard InChI is InChI=1S/C24H32N4O2/c29-20-6-4-19(5-7-20)27-23-13-21-18(15-26-23)2-1-17-3-8-22(28-24(17)21)25-14-16-9-11-30-12-10-16/h3,8,13,15-16,19-20,29H,1-2,4-7,9-12,14H2,(H,25,28)(H,26,27)/t19-,20+. The minimum atomic E-state index is -0.136. The van der Waals surface area contributed by atoms with Crippen LogP contribution in [0.25, 0.3) is 11.3 Å². The number of aliphatic hydroxyl groups excluding tert-OH is 1. The third kappa shape index (κ3) is 4.44. The zero-order valence-corrected chi connectivity index (χ0v) is 17.6. The molecule has 3 heterocycles. The summed E-state index contributed by atoms with van der Waals surface area (Å²) in [6.07, 6.45) is 9.89. The van der Waals surface area contributed by atoms with E-state index < -0.39 is 0 Å². The maximum Gasteiger partial charge on any atom is 0.126 e. The van der Waals surface area contributed by atoms with Crippen molar-refractivity contribution in [2.75, 3.05) is 30.4 Å². The Morgan fingerprint density at radius 3 is 2.60 bits per heavy atom. The highest BCUT2D eigenvalue weighted by Gasteiger charge is 2.22. The number of aliphatic hydroxyl groups is 1. The summed E-state index contributed by atoms with van der Waals surface area (Å²) in [5.41, 5.74) is 4.90. The number of aromatic nitrogens is 2. The number of fused-ring (bicyclic) bond motifs is 3. The first kappa shape index (κ1) is 19.8. The topological polar surface area (TPSA) is 79.3 Å². The molecule has 0 aromatic carbocycles. The van der Waals surface area contributed by atoms with Gasteiger partial charge in [0, 0.05) is 37.6 Å². The highest BCUT2D eigenvalue weighted by atomic mass is 16.5. The zero-order chi connectivity index (χ0) is 20.3. The molecule has 1 aliphatic heterocycles. The predicted molar refractivity (Wildman–Crippen MR) is 119 cm³/mol. The smallest absolute Gasteiger partial charge is 0.126 e. The van der Waals surface area contributed by atoms with E-state index in [9.17, 15) is 5.11 Å². The van der Waals surface area contributed by atoms with Gasteiger partial charge in [-0.2, -0.15) is 0 Å². The van der Waals surface area contributed by atoms with Crippen molar-refractivity contribution in [3.8, 4) is 11.3 Å². The van der Waals surface area contributed by atoms with E-state index in [1.807, 2.05) is 6.20 Å². The van der Waals surface area contributed by atoms with Crippen molar-refractivity contribution in [3.05, 3.63) is 35.5 Å². The van der Waals surface area contributed by atoms with Crippen LogP contribution in [-0.4, -0.2) is 47.0 Å². The van der Waals surface area contributed by atoms with E-state index in [4.69, 9.17) is 9.72 Å². The summed E-state index contributed by atoms with van der Waals surface area (Å²) in [6, 6.07) is 6.92. The van der Waals surface area contributed by atoms with Crippen LogP contribution in [-0.2, 0) is 17.6 Å². The largest absolute Gasteiger partial charge is 0.393 e. The quantitative estimate of drug-likeness (QED) is 0.698. The third-order valence-electron chi connectivity index (χ3n) is 6.85. The van der Waals surface area contributed by atoms with Gasteiger partial charge in [-0.3, -0.25) is 0 Å². The Bertz CT molecular complexity index is 874. The van der Waals surface area contributed by atoms with Crippen LogP contribution >= 0.6 is 0 Å². The van der Waals surface area contributed by atoms with Gasteiger partial charge >= 0.3 is 0 Å². The van der Waals surface area contributed by atoms with Crippen LogP contribution in [0.1, 0.15) is 49.7 Å². The summed E-state index contributed by atoms with van der Waals surface area (Å²) in [4.78, 5) is 9.68. The van der Waals surface area contributed by atoms with Crippen molar-refractivity contribution in [2.45, 2.75) is 63.5 Å². The fourth-order valence-electron chi connectivity index (χ4n) is 4.90. The first-order valence-corrected chi connectivity index (χ1v) is 11.5. The van der Waals surface area contributed by atoms with Crippen LogP contribution in [0.3, 0.4) is 0 Å². The highest BCUT2D eigenvalue weighted by molar-refractivity contribution is 5.73. The molecule has 2 aromatic heterocycles. The summed E-state index contributed by atoms with van der Waals surface area (Å²) >= 11 is 0. The number of rotatable bonds is 5. The number of hydrogen-bond acceptors (Lipinski definition) is 6. The Morgan fingerprint density at radius 1 is 0.967 bits per heavy atom. The summed E-state index contributed by atoms with van der Waals surface area (Å²) in [5.74, 6) is 2.55. The maximum atomic E-state index is 9.75. The molecule has 30 heavy (non-hydrogen) atoms. The number of ether oxygens (including phenoxy) is 1. The molecule has 2 aliphatic carbocycles. The zero-order valence-electron chi connectivity index (χ0n) is 17.6. The molecule has 5 rings (SSSR count). The lowest BCUT2D eigenvalue weighted by molar-refractivity contribution is 0.0699. The molecule has 2 aromatic rings. The molecule has 6 heteroatoms. The van der Waals surface area contributed by atoms with Gasteiger partial charge in [-0.1, -0.05) is 6.07 Å².